The second kappa shape index (κ2) is 7.17. The lowest BCUT2D eigenvalue weighted by Crippen LogP contribution is -2.27. The van der Waals surface area contributed by atoms with Crippen LogP contribution in [0, 0.1) is 11.3 Å². The van der Waals surface area contributed by atoms with Crippen molar-refractivity contribution in [1.82, 2.24) is 0 Å². The van der Waals surface area contributed by atoms with Gasteiger partial charge < -0.3 is 9.64 Å². The third-order valence-corrected chi connectivity index (χ3v) is 2.50. The Hall–Kier alpha value is -2.35. The van der Waals surface area contributed by atoms with Crippen molar-refractivity contribution in [3.63, 3.8) is 0 Å². The van der Waals surface area contributed by atoms with E-state index in [2.05, 4.69) is 0 Å². The molecule has 0 saturated carbocycles. The minimum Gasteiger partial charge on any atom is -0.466 e. The van der Waals surface area contributed by atoms with Crippen LogP contribution in [-0.2, 0) is 14.3 Å². The van der Waals surface area contributed by atoms with Crippen molar-refractivity contribution in [3.05, 3.63) is 29.8 Å². The monoisotopic (exact) mass is 260 g/mol. The van der Waals surface area contributed by atoms with E-state index in [4.69, 9.17) is 10.00 Å². The number of rotatable bonds is 6. The van der Waals surface area contributed by atoms with Gasteiger partial charge in [0.1, 0.15) is 6.42 Å². The van der Waals surface area contributed by atoms with Gasteiger partial charge >= 0.3 is 5.97 Å². The largest absolute Gasteiger partial charge is 0.466 e. The van der Waals surface area contributed by atoms with E-state index in [-0.39, 0.29) is 25.4 Å². The van der Waals surface area contributed by atoms with E-state index in [1.165, 1.54) is 0 Å². The highest BCUT2D eigenvalue weighted by molar-refractivity contribution is 5.97. The molecular formula is C14H16N2O3. The quantitative estimate of drug-likeness (QED) is 0.573. The molecule has 0 radical (unpaired) electrons. The normalized spacial score (nSPS) is 9.53. The molecule has 0 spiro atoms. The molecule has 0 atom stereocenters. The molecule has 1 aromatic carbocycles. The molecule has 1 aromatic rings. The van der Waals surface area contributed by atoms with Crippen molar-refractivity contribution in [1.29, 1.82) is 5.26 Å². The summed E-state index contributed by atoms with van der Waals surface area (Å²) in [6, 6.07) is 8.91. The molecule has 5 heteroatoms. The minimum atomic E-state index is -0.499. The number of carbonyl (C=O) groups is 2. The van der Waals surface area contributed by atoms with E-state index in [0.717, 1.165) is 5.69 Å². The lowest BCUT2D eigenvalue weighted by Gasteiger charge is -2.18. The number of ketones is 1. The summed E-state index contributed by atoms with van der Waals surface area (Å²) in [6.07, 6.45) is -0.214. The van der Waals surface area contributed by atoms with E-state index < -0.39 is 5.97 Å². The second-order valence-electron chi connectivity index (χ2n) is 4.04. The van der Waals surface area contributed by atoms with Gasteiger partial charge in [0.25, 0.3) is 0 Å². The highest BCUT2D eigenvalue weighted by Crippen LogP contribution is 2.13. The van der Waals surface area contributed by atoms with Crippen LogP contribution in [-0.4, -0.2) is 32.0 Å². The Morgan fingerprint density at radius 1 is 1.32 bits per heavy atom. The first kappa shape index (κ1) is 14.7. The molecule has 100 valence electrons. The van der Waals surface area contributed by atoms with Crippen molar-refractivity contribution in [2.75, 3.05) is 25.1 Å². The molecule has 0 fully saturated rings. The first-order chi connectivity index (χ1) is 9.06. The zero-order valence-electron chi connectivity index (χ0n) is 11.0. The molecule has 5 nitrogen and oxygen atoms in total. The fourth-order valence-electron chi connectivity index (χ4n) is 1.58. The van der Waals surface area contributed by atoms with Crippen LogP contribution in [0.25, 0.3) is 0 Å². The number of esters is 1. The van der Waals surface area contributed by atoms with E-state index in [9.17, 15) is 9.59 Å². The van der Waals surface area contributed by atoms with Gasteiger partial charge in [-0.2, -0.15) is 5.26 Å². The lowest BCUT2D eigenvalue weighted by molar-refractivity contribution is -0.145. The van der Waals surface area contributed by atoms with Crippen molar-refractivity contribution >= 4 is 17.4 Å². The Morgan fingerprint density at radius 3 is 2.47 bits per heavy atom. The maximum absolute atomic E-state index is 11.6. The molecule has 0 aliphatic rings. The molecule has 0 saturated heterocycles. The number of nitriles is 1. The van der Waals surface area contributed by atoms with Crippen LogP contribution in [0.3, 0.4) is 0 Å². The average Bonchev–Trinajstić information content (AvgIpc) is 2.38. The highest BCUT2D eigenvalue weighted by atomic mass is 16.5. The first-order valence-electron chi connectivity index (χ1n) is 5.95. The van der Waals surface area contributed by atoms with Gasteiger partial charge in [-0.1, -0.05) is 0 Å². The summed E-state index contributed by atoms with van der Waals surface area (Å²) in [4.78, 5) is 24.5. The predicted octanol–water partition coefficient (Wildman–Crippen LogP) is 1.52. The van der Waals surface area contributed by atoms with Crippen LogP contribution in [0.5, 0.6) is 0 Å². The zero-order chi connectivity index (χ0) is 14.3. The average molecular weight is 260 g/mol. The summed E-state index contributed by atoms with van der Waals surface area (Å²) in [5, 5.41) is 8.69. The van der Waals surface area contributed by atoms with Crippen LogP contribution in [0.1, 0.15) is 18.9 Å². The third-order valence-electron chi connectivity index (χ3n) is 2.50. The predicted molar refractivity (Wildman–Crippen MR) is 70.7 cm³/mol. The van der Waals surface area contributed by atoms with Crippen LogP contribution in [0.2, 0.25) is 0 Å². The van der Waals surface area contributed by atoms with Gasteiger partial charge in [-0.3, -0.25) is 9.59 Å². The number of Topliss-reactive ketones (excluding diaryl/α,β-unsaturated/α-hetero) is 1. The number of hydrogen-bond donors (Lipinski definition) is 0. The van der Waals surface area contributed by atoms with Crippen LogP contribution >= 0.6 is 0 Å². The van der Waals surface area contributed by atoms with Crippen molar-refractivity contribution in [2.45, 2.75) is 13.3 Å². The summed E-state index contributed by atoms with van der Waals surface area (Å²) < 4.78 is 4.72. The molecule has 19 heavy (non-hydrogen) atoms. The molecule has 0 heterocycles. The Balaban J connectivity index is 2.54. The van der Waals surface area contributed by atoms with Gasteiger partial charge in [0, 0.05) is 12.7 Å². The van der Waals surface area contributed by atoms with Gasteiger partial charge in [0.05, 0.1) is 24.8 Å². The standard InChI is InChI=1S/C14H16N2O3/c1-3-19-14(18)8-13(17)10-16(2)12-6-4-11(9-15)5-7-12/h4-7H,3,8,10H2,1-2H3. The number of hydrogen-bond acceptors (Lipinski definition) is 5. The maximum Gasteiger partial charge on any atom is 0.313 e. The van der Waals surface area contributed by atoms with Gasteiger partial charge in [0.2, 0.25) is 0 Å². The van der Waals surface area contributed by atoms with E-state index in [1.807, 2.05) is 6.07 Å². The fraction of sp³-hybridized carbons (Fsp3) is 0.357. The van der Waals surface area contributed by atoms with Crippen molar-refractivity contribution in [3.8, 4) is 6.07 Å². The third kappa shape index (κ3) is 4.80. The van der Waals surface area contributed by atoms with Crippen LogP contribution < -0.4 is 4.90 Å². The van der Waals surface area contributed by atoms with Gasteiger partial charge in [0.15, 0.2) is 5.78 Å². The smallest absolute Gasteiger partial charge is 0.313 e. The van der Waals surface area contributed by atoms with E-state index in [1.54, 1.807) is 43.1 Å². The molecule has 0 aliphatic carbocycles. The first-order valence-corrected chi connectivity index (χ1v) is 5.95. The molecule has 0 unspecified atom stereocenters. The lowest BCUT2D eigenvalue weighted by atomic mass is 10.2. The fourth-order valence-corrected chi connectivity index (χ4v) is 1.58. The number of carbonyl (C=O) groups excluding carboxylic acids is 2. The Bertz CT molecular complexity index is 488. The Labute approximate surface area is 112 Å². The van der Waals surface area contributed by atoms with Crippen molar-refractivity contribution in [2.24, 2.45) is 0 Å². The molecule has 0 N–H and O–H groups in total. The van der Waals surface area contributed by atoms with Gasteiger partial charge in [-0.15, -0.1) is 0 Å². The number of benzene rings is 1. The van der Waals surface area contributed by atoms with E-state index in [0.29, 0.717) is 5.56 Å². The number of likely N-dealkylation sites (N-methyl/N-ethyl adjacent to an activating group) is 1. The molecule has 1 rings (SSSR count). The number of nitrogens with zero attached hydrogens (tertiary/aromatic N) is 2. The summed E-state index contributed by atoms with van der Waals surface area (Å²) in [6.45, 7) is 2.10. The van der Waals surface area contributed by atoms with Gasteiger partial charge in [-0.25, -0.2) is 0 Å². The topological polar surface area (TPSA) is 70.4 Å². The van der Waals surface area contributed by atoms with Crippen molar-refractivity contribution < 1.29 is 14.3 Å². The summed E-state index contributed by atoms with van der Waals surface area (Å²) in [5.41, 5.74) is 1.38. The maximum atomic E-state index is 11.6. The van der Waals surface area contributed by atoms with Crippen LogP contribution in [0.4, 0.5) is 5.69 Å². The number of ether oxygens (including phenoxy) is 1. The molecule has 0 amide bonds. The zero-order valence-corrected chi connectivity index (χ0v) is 11.0. The number of anilines is 1. The summed E-state index contributed by atoms with van der Waals surface area (Å²) in [7, 11) is 1.75. The van der Waals surface area contributed by atoms with E-state index >= 15 is 0 Å². The molecule has 0 aromatic heterocycles. The minimum absolute atomic E-state index is 0.130. The molecule has 0 aliphatic heterocycles. The Kier molecular flexibility index (Phi) is 5.55. The SMILES string of the molecule is CCOC(=O)CC(=O)CN(C)c1ccc(C#N)cc1. The van der Waals surface area contributed by atoms with Gasteiger partial charge in [-0.05, 0) is 31.2 Å². The second-order valence-corrected chi connectivity index (χ2v) is 4.04. The molecular weight excluding hydrogens is 244 g/mol. The summed E-state index contributed by atoms with van der Waals surface area (Å²) >= 11 is 0. The Morgan fingerprint density at radius 2 is 1.95 bits per heavy atom. The summed E-state index contributed by atoms with van der Waals surface area (Å²) in [5.74, 6) is -0.703. The highest BCUT2D eigenvalue weighted by Gasteiger charge is 2.13. The van der Waals surface area contributed by atoms with Crippen LogP contribution in [0.15, 0.2) is 24.3 Å². The molecule has 0 bridgehead atoms.